The average molecular weight is 260 g/mol. The van der Waals surface area contributed by atoms with Crippen molar-refractivity contribution in [1.82, 2.24) is 4.98 Å². The summed E-state index contributed by atoms with van der Waals surface area (Å²) in [6.45, 7) is 1.95. The number of hydrogen-bond acceptors (Lipinski definition) is 5. The third-order valence-corrected chi connectivity index (χ3v) is 4.02. The van der Waals surface area contributed by atoms with Crippen molar-refractivity contribution in [3.05, 3.63) is 6.20 Å². The highest BCUT2D eigenvalue weighted by Gasteiger charge is 2.52. The first-order valence-electron chi connectivity index (χ1n) is 7.76. The molecular formula is C11H18BNO3S. The fourth-order valence-electron chi connectivity index (χ4n) is 1.43. The van der Waals surface area contributed by atoms with E-state index in [0.29, 0.717) is 4.78 Å². The van der Waals surface area contributed by atoms with Crippen LogP contribution in [-0.2, 0) is 9.31 Å². The van der Waals surface area contributed by atoms with Gasteiger partial charge in [0.15, 0.2) is 0 Å². The van der Waals surface area contributed by atoms with Crippen LogP contribution < -0.4 is 9.51 Å². The summed E-state index contributed by atoms with van der Waals surface area (Å²) in [5.74, 6) is 0. The number of rotatable bonds is 3. The minimum absolute atomic E-state index is 0.0779. The zero-order chi connectivity index (χ0) is 17.0. The summed E-state index contributed by atoms with van der Waals surface area (Å²) in [5.41, 5.74) is -1.01. The zero-order valence-electron chi connectivity index (χ0n) is 15.2. The van der Waals surface area contributed by atoms with Crippen LogP contribution in [0.1, 0.15) is 41.4 Å². The summed E-state index contributed by atoms with van der Waals surface area (Å²) in [6, 6.07) is 0. The SMILES string of the molecule is [2H]C([2H])([2H])C([2H])([2H])Oc1ncc(B2OC(C)(C)C(C)(C)O2)s1. The normalized spacial score (nSPS) is 27.8. The van der Waals surface area contributed by atoms with Crippen LogP contribution >= 0.6 is 11.3 Å². The molecule has 0 spiro atoms. The van der Waals surface area contributed by atoms with Crippen molar-refractivity contribution < 1.29 is 20.9 Å². The highest BCUT2D eigenvalue weighted by Crippen LogP contribution is 2.37. The van der Waals surface area contributed by atoms with Gasteiger partial charge in [0.25, 0.3) is 5.19 Å². The van der Waals surface area contributed by atoms with E-state index in [2.05, 4.69) is 4.98 Å². The van der Waals surface area contributed by atoms with Gasteiger partial charge in [0.05, 0.1) is 25.3 Å². The summed E-state index contributed by atoms with van der Waals surface area (Å²) < 4.78 is 53.4. The second-order valence-corrected chi connectivity index (χ2v) is 5.85. The van der Waals surface area contributed by atoms with E-state index in [1.807, 2.05) is 27.7 Å². The molecule has 4 nitrogen and oxygen atoms in total. The van der Waals surface area contributed by atoms with Crippen molar-refractivity contribution in [3.8, 4) is 5.19 Å². The van der Waals surface area contributed by atoms with Crippen LogP contribution in [0.4, 0.5) is 0 Å². The maximum Gasteiger partial charge on any atom is 0.507 e. The summed E-state index contributed by atoms with van der Waals surface area (Å²) in [5, 5.41) is -0.0779. The van der Waals surface area contributed by atoms with Crippen LogP contribution in [0.5, 0.6) is 5.19 Å². The van der Waals surface area contributed by atoms with E-state index in [4.69, 9.17) is 20.9 Å². The molecule has 0 amide bonds. The van der Waals surface area contributed by atoms with Gasteiger partial charge in [0.2, 0.25) is 0 Å². The van der Waals surface area contributed by atoms with Crippen LogP contribution in [0.15, 0.2) is 6.20 Å². The van der Waals surface area contributed by atoms with E-state index in [1.165, 1.54) is 6.20 Å². The molecular weight excluding hydrogens is 237 g/mol. The largest absolute Gasteiger partial charge is 0.507 e. The van der Waals surface area contributed by atoms with Crippen molar-refractivity contribution in [2.24, 2.45) is 0 Å². The quantitative estimate of drug-likeness (QED) is 0.777. The Kier molecular flexibility index (Phi) is 1.95. The van der Waals surface area contributed by atoms with E-state index < -0.39 is 31.7 Å². The Morgan fingerprint density at radius 2 is 2.12 bits per heavy atom. The molecule has 0 atom stereocenters. The fraction of sp³-hybridized carbons (Fsp3) is 0.727. The molecule has 0 N–H and O–H groups in total. The van der Waals surface area contributed by atoms with Gasteiger partial charge in [-0.25, -0.2) is 4.98 Å². The molecule has 0 radical (unpaired) electrons. The summed E-state index contributed by atoms with van der Waals surface area (Å²) in [7, 11) is -0.640. The fourth-order valence-corrected chi connectivity index (χ4v) is 2.12. The summed E-state index contributed by atoms with van der Waals surface area (Å²) >= 11 is 1.00. The maximum absolute atomic E-state index is 7.45. The van der Waals surface area contributed by atoms with E-state index in [1.54, 1.807) is 0 Å². The highest BCUT2D eigenvalue weighted by atomic mass is 32.1. The topological polar surface area (TPSA) is 40.6 Å². The highest BCUT2D eigenvalue weighted by molar-refractivity contribution is 7.23. The van der Waals surface area contributed by atoms with Crippen molar-refractivity contribution in [1.29, 1.82) is 0 Å². The van der Waals surface area contributed by atoms with E-state index in [9.17, 15) is 0 Å². The molecule has 0 aromatic carbocycles. The molecule has 94 valence electrons. The Hall–Kier alpha value is -0.585. The van der Waals surface area contributed by atoms with Gasteiger partial charge in [0, 0.05) is 10.3 Å². The minimum Gasteiger partial charge on any atom is -0.470 e. The Labute approximate surface area is 113 Å². The molecule has 1 aromatic rings. The molecule has 0 unspecified atom stereocenters. The van der Waals surface area contributed by atoms with E-state index in [0.717, 1.165) is 11.3 Å². The van der Waals surface area contributed by atoms with Gasteiger partial charge >= 0.3 is 7.12 Å². The summed E-state index contributed by atoms with van der Waals surface area (Å²) in [4.78, 5) is 3.90. The monoisotopic (exact) mass is 260 g/mol. The first-order chi connectivity index (χ1) is 9.75. The minimum atomic E-state index is -2.90. The first kappa shape index (κ1) is 7.76. The third-order valence-electron chi connectivity index (χ3n) is 3.13. The molecule has 2 rings (SSSR count). The average Bonchev–Trinajstić information content (AvgIpc) is 2.80. The molecule has 2 heterocycles. The molecule has 1 saturated heterocycles. The van der Waals surface area contributed by atoms with Crippen molar-refractivity contribution >= 4 is 23.2 Å². The molecule has 0 saturated carbocycles. The second-order valence-electron chi connectivity index (χ2n) is 4.82. The molecule has 6 heteroatoms. The van der Waals surface area contributed by atoms with Gasteiger partial charge in [-0.15, -0.1) is 0 Å². The lowest BCUT2D eigenvalue weighted by Crippen LogP contribution is -2.41. The molecule has 17 heavy (non-hydrogen) atoms. The van der Waals surface area contributed by atoms with Crippen LogP contribution in [0.25, 0.3) is 0 Å². The van der Waals surface area contributed by atoms with Gasteiger partial charge in [-0.1, -0.05) is 11.3 Å². The van der Waals surface area contributed by atoms with E-state index >= 15 is 0 Å². The summed E-state index contributed by atoms with van der Waals surface area (Å²) in [6.07, 6.45) is 1.44. The molecule has 1 fully saturated rings. The Morgan fingerprint density at radius 3 is 2.71 bits per heavy atom. The Balaban J connectivity index is 2.14. The number of hydrogen-bond donors (Lipinski definition) is 0. The Morgan fingerprint density at radius 1 is 1.47 bits per heavy atom. The zero-order valence-corrected chi connectivity index (χ0v) is 11.1. The predicted molar refractivity (Wildman–Crippen MR) is 69.0 cm³/mol. The van der Waals surface area contributed by atoms with Crippen molar-refractivity contribution in [2.75, 3.05) is 6.56 Å². The van der Waals surface area contributed by atoms with Crippen LogP contribution in [0.2, 0.25) is 0 Å². The standard InChI is InChI=1S/C11H18BNO3S/c1-6-14-9-13-7-8(17-9)12-15-10(2,3)11(4,5)16-12/h7H,6H2,1-5H3/i1D3,6D2. The lowest BCUT2D eigenvalue weighted by molar-refractivity contribution is 0.00578. The third kappa shape index (κ3) is 2.34. The molecule has 0 aliphatic carbocycles. The van der Waals surface area contributed by atoms with Crippen molar-refractivity contribution in [2.45, 2.75) is 45.7 Å². The number of aromatic nitrogens is 1. The smallest absolute Gasteiger partial charge is 0.470 e. The lowest BCUT2D eigenvalue weighted by Gasteiger charge is -2.32. The first-order valence-corrected chi connectivity index (χ1v) is 6.07. The second kappa shape index (κ2) is 4.26. The van der Waals surface area contributed by atoms with Gasteiger partial charge in [-0.05, 0) is 34.5 Å². The van der Waals surface area contributed by atoms with Gasteiger partial charge in [0.1, 0.15) is 0 Å². The number of ether oxygens (including phenoxy) is 1. The van der Waals surface area contributed by atoms with Gasteiger partial charge < -0.3 is 14.0 Å². The maximum atomic E-state index is 7.45. The number of nitrogens with zero attached hydrogens (tertiary/aromatic N) is 1. The van der Waals surface area contributed by atoms with Crippen LogP contribution in [0, 0.1) is 0 Å². The predicted octanol–water partition coefficient (Wildman–Crippen LogP) is 1.84. The van der Waals surface area contributed by atoms with Crippen molar-refractivity contribution in [3.63, 3.8) is 0 Å². The lowest BCUT2D eigenvalue weighted by atomic mass is 9.89. The van der Waals surface area contributed by atoms with Crippen LogP contribution in [-0.4, -0.2) is 29.9 Å². The molecule has 1 aromatic heterocycles. The van der Waals surface area contributed by atoms with Gasteiger partial charge in [-0.3, -0.25) is 0 Å². The molecule has 0 bridgehead atoms. The molecule has 1 aliphatic rings. The molecule has 1 aliphatic heterocycles. The number of thiazole rings is 1. The Bertz CT molecular complexity index is 544. The van der Waals surface area contributed by atoms with E-state index in [-0.39, 0.29) is 5.19 Å². The van der Waals surface area contributed by atoms with Gasteiger partial charge in [-0.2, -0.15) is 0 Å². The van der Waals surface area contributed by atoms with Crippen LogP contribution in [0.3, 0.4) is 0 Å².